The van der Waals surface area contributed by atoms with Gasteiger partial charge in [0.25, 0.3) is 0 Å². The van der Waals surface area contributed by atoms with Crippen LogP contribution < -0.4 is 0 Å². The van der Waals surface area contributed by atoms with Crippen molar-refractivity contribution in [1.82, 2.24) is 10.2 Å². The summed E-state index contributed by atoms with van der Waals surface area (Å²) in [6.07, 6.45) is 1.70. The summed E-state index contributed by atoms with van der Waals surface area (Å²) in [5, 5.41) is 6.72. The van der Waals surface area contributed by atoms with Crippen LogP contribution in [0, 0.1) is 6.92 Å². The molecule has 2 heterocycles. The largest absolute Gasteiger partial charge is 0.460 e. The van der Waals surface area contributed by atoms with E-state index in [0.717, 1.165) is 21.7 Å². The Balaban J connectivity index is 2.50. The number of nitrogens with zero attached hydrogens (tertiary/aromatic N) is 1. The molecule has 0 saturated carbocycles. The van der Waals surface area contributed by atoms with Crippen molar-refractivity contribution in [1.29, 1.82) is 0 Å². The van der Waals surface area contributed by atoms with Gasteiger partial charge in [0.1, 0.15) is 11.5 Å². The first-order valence-electron chi connectivity index (χ1n) is 3.53. The average molecular weight is 227 g/mol. The van der Waals surface area contributed by atoms with Crippen LogP contribution >= 0.6 is 15.9 Å². The van der Waals surface area contributed by atoms with Gasteiger partial charge < -0.3 is 4.42 Å². The number of furan rings is 1. The molecule has 12 heavy (non-hydrogen) atoms. The van der Waals surface area contributed by atoms with E-state index in [1.807, 2.05) is 19.1 Å². The summed E-state index contributed by atoms with van der Waals surface area (Å²) < 4.78 is 6.32. The topological polar surface area (TPSA) is 41.8 Å². The minimum atomic E-state index is 0.803. The number of aromatic amines is 1. The van der Waals surface area contributed by atoms with E-state index in [1.165, 1.54) is 0 Å². The Bertz CT molecular complexity index is 391. The summed E-state index contributed by atoms with van der Waals surface area (Å²) >= 11 is 3.36. The van der Waals surface area contributed by atoms with Gasteiger partial charge in [-0.25, -0.2) is 0 Å². The lowest BCUT2D eigenvalue weighted by molar-refractivity contribution is 0.546. The van der Waals surface area contributed by atoms with Gasteiger partial charge in [-0.1, -0.05) is 0 Å². The molecular weight excluding hydrogens is 220 g/mol. The summed E-state index contributed by atoms with van der Waals surface area (Å²) in [6, 6.07) is 3.83. The predicted octanol–water partition coefficient (Wildman–Crippen LogP) is 2.74. The number of hydrogen-bond donors (Lipinski definition) is 1. The Kier molecular flexibility index (Phi) is 1.77. The van der Waals surface area contributed by atoms with Crippen molar-refractivity contribution in [3.8, 4) is 11.5 Å². The second kappa shape index (κ2) is 2.79. The van der Waals surface area contributed by atoms with Crippen molar-refractivity contribution in [2.75, 3.05) is 0 Å². The molecule has 3 nitrogen and oxygen atoms in total. The van der Waals surface area contributed by atoms with Gasteiger partial charge >= 0.3 is 0 Å². The third kappa shape index (κ3) is 1.18. The average Bonchev–Trinajstić information content (AvgIpc) is 2.58. The van der Waals surface area contributed by atoms with Crippen LogP contribution in [0.3, 0.4) is 0 Å². The standard InChI is InChI=1S/C8H7BrN2O/c1-5-2-3-7(12-5)8-6(9)4-10-11-8/h2-4H,1H3,(H,10,11). The second-order valence-corrected chi connectivity index (χ2v) is 3.36. The molecule has 4 heteroatoms. The molecule has 0 aliphatic heterocycles. The number of aryl methyl sites for hydroxylation is 1. The lowest BCUT2D eigenvalue weighted by atomic mass is 10.3. The number of halogens is 1. The number of rotatable bonds is 1. The van der Waals surface area contributed by atoms with Crippen LogP contribution in [0.15, 0.2) is 27.2 Å². The van der Waals surface area contributed by atoms with Gasteiger partial charge in [0, 0.05) is 0 Å². The van der Waals surface area contributed by atoms with Crippen molar-refractivity contribution >= 4 is 15.9 Å². The SMILES string of the molecule is Cc1ccc(-c2[nH]ncc2Br)o1. The molecule has 0 aromatic carbocycles. The highest BCUT2D eigenvalue weighted by Crippen LogP contribution is 2.26. The zero-order valence-electron chi connectivity index (χ0n) is 6.47. The minimum Gasteiger partial charge on any atom is -0.460 e. The molecule has 1 N–H and O–H groups in total. The molecule has 0 fully saturated rings. The van der Waals surface area contributed by atoms with E-state index in [0.29, 0.717) is 0 Å². The molecule has 0 saturated heterocycles. The van der Waals surface area contributed by atoms with Crippen molar-refractivity contribution in [3.63, 3.8) is 0 Å². The molecule has 2 aromatic rings. The number of aromatic nitrogens is 2. The van der Waals surface area contributed by atoms with E-state index in [4.69, 9.17) is 4.42 Å². The zero-order chi connectivity index (χ0) is 8.55. The van der Waals surface area contributed by atoms with E-state index in [2.05, 4.69) is 26.1 Å². The first-order valence-corrected chi connectivity index (χ1v) is 4.32. The van der Waals surface area contributed by atoms with Crippen molar-refractivity contribution in [3.05, 3.63) is 28.6 Å². The molecule has 0 aliphatic rings. The highest BCUT2D eigenvalue weighted by atomic mass is 79.9. The van der Waals surface area contributed by atoms with Gasteiger partial charge in [0.2, 0.25) is 0 Å². The van der Waals surface area contributed by atoms with Crippen molar-refractivity contribution < 1.29 is 4.42 Å². The molecule has 0 spiro atoms. The second-order valence-electron chi connectivity index (χ2n) is 2.50. The maximum atomic E-state index is 5.41. The van der Waals surface area contributed by atoms with Crippen LogP contribution in [0.25, 0.3) is 11.5 Å². The maximum Gasteiger partial charge on any atom is 0.153 e. The zero-order valence-corrected chi connectivity index (χ0v) is 8.05. The third-order valence-corrected chi connectivity index (χ3v) is 2.18. The Morgan fingerprint density at radius 3 is 2.83 bits per heavy atom. The smallest absolute Gasteiger partial charge is 0.153 e. The van der Waals surface area contributed by atoms with E-state index in [-0.39, 0.29) is 0 Å². The van der Waals surface area contributed by atoms with Crippen LogP contribution in [-0.4, -0.2) is 10.2 Å². The molecule has 0 radical (unpaired) electrons. The van der Waals surface area contributed by atoms with E-state index in [1.54, 1.807) is 6.20 Å². The Hall–Kier alpha value is -1.03. The van der Waals surface area contributed by atoms with Crippen molar-refractivity contribution in [2.45, 2.75) is 6.92 Å². The first-order chi connectivity index (χ1) is 5.77. The van der Waals surface area contributed by atoms with Gasteiger partial charge in [-0.05, 0) is 35.0 Å². The van der Waals surface area contributed by atoms with Gasteiger partial charge in [0.15, 0.2) is 5.76 Å². The fraction of sp³-hybridized carbons (Fsp3) is 0.125. The number of nitrogens with one attached hydrogen (secondary N) is 1. The summed E-state index contributed by atoms with van der Waals surface area (Å²) in [5.74, 6) is 1.70. The highest BCUT2D eigenvalue weighted by Gasteiger charge is 2.07. The molecule has 62 valence electrons. The van der Waals surface area contributed by atoms with Gasteiger partial charge in [-0.2, -0.15) is 5.10 Å². The monoisotopic (exact) mass is 226 g/mol. The molecule has 0 aliphatic carbocycles. The van der Waals surface area contributed by atoms with Crippen molar-refractivity contribution in [2.24, 2.45) is 0 Å². The van der Waals surface area contributed by atoms with Gasteiger partial charge in [-0.3, -0.25) is 5.10 Å². The lowest BCUT2D eigenvalue weighted by Gasteiger charge is -1.90. The molecule has 2 rings (SSSR count). The number of hydrogen-bond acceptors (Lipinski definition) is 2. The Labute approximate surface area is 77.9 Å². The summed E-state index contributed by atoms with van der Waals surface area (Å²) in [4.78, 5) is 0. The van der Waals surface area contributed by atoms with Gasteiger partial charge in [0.05, 0.1) is 10.7 Å². The maximum absolute atomic E-state index is 5.41. The van der Waals surface area contributed by atoms with E-state index in [9.17, 15) is 0 Å². The Morgan fingerprint density at radius 1 is 1.50 bits per heavy atom. The van der Waals surface area contributed by atoms with Crippen LogP contribution in [0.5, 0.6) is 0 Å². The molecule has 0 unspecified atom stereocenters. The van der Waals surface area contributed by atoms with E-state index >= 15 is 0 Å². The molecule has 0 atom stereocenters. The number of H-pyrrole nitrogens is 1. The quantitative estimate of drug-likeness (QED) is 0.813. The molecule has 0 amide bonds. The summed E-state index contributed by atoms with van der Waals surface area (Å²) in [6.45, 7) is 1.91. The fourth-order valence-corrected chi connectivity index (χ4v) is 1.40. The lowest BCUT2D eigenvalue weighted by Crippen LogP contribution is -1.73. The van der Waals surface area contributed by atoms with Crippen LogP contribution in [0.1, 0.15) is 5.76 Å². The molecular formula is C8H7BrN2O. The molecule has 0 bridgehead atoms. The molecule has 2 aromatic heterocycles. The Morgan fingerprint density at radius 2 is 2.33 bits per heavy atom. The normalized spacial score (nSPS) is 10.5. The van der Waals surface area contributed by atoms with Crippen LogP contribution in [0.2, 0.25) is 0 Å². The summed E-state index contributed by atoms with van der Waals surface area (Å²) in [5.41, 5.74) is 0.878. The fourth-order valence-electron chi connectivity index (χ4n) is 1.01. The van der Waals surface area contributed by atoms with E-state index < -0.39 is 0 Å². The minimum absolute atomic E-state index is 0.803. The van der Waals surface area contributed by atoms with Gasteiger partial charge in [-0.15, -0.1) is 0 Å². The predicted molar refractivity (Wildman–Crippen MR) is 48.7 cm³/mol. The highest BCUT2D eigenvalue weighted by molar-refractivity contribution is 9.10. The van der Waals surface area contributed by atoms with Crippen LogP contribution in [-0.2, 0) is 0 Å². The summed E-state index contributed by atoms with van der Waals surface area (Å²) in [7, 11) is 0. The van der Waals surface area contributed by atoms with Crippen LogP contribution in [0.4, 0.5) is 0 Å². The third-order valence-electron chi connectivity index (χ3n) is 1.58. The first kappa shape index (κ1) is 7.61.